The first-order valence-corrected chi connectivity index (χ1v) is 8.21. The molecule has 0 atom stereocenters. The molecule has 0 radical (unpaired) electrons. The molecule has 0 fully saturated rings. The van der Waals surface area contributed by atoms with Crippen molar-refractivity contribution >= 4 is 10.0 Å². The van der Waals surface area contributed by atoms with Gasteiger partial charge in [-0.2, -0.15) is 5.10 Å². The van der Waals surface area contributed by atoms with Crippen molar-refractivity contribution in [1.29, 1.82) is 0 Å². The van der Waals surface area contributed by atoms with Gasteiger partial charge in [0.2, 0.25) is 0 Å². The van der Waals surface area contributed by atoms with Crippen LogP contribution in [0.25, 0.3) is 0 Å². The molecule has 8 nitrogen and oxygen atoms in total. The highest BCUT2D eigenvalue weighted by molar-refractivity contribution is 7.89. The lowest BCUT2D eigenvalue weighted by Crippen LogP contribution is -2.29. The van der Waals surface area contributed by atoms with Crippen LogP contribution in [0.15, 0.2) is 23.6 Å². The van der Waals surface area contributed by atoms with Gasteiger partial charge in [0.25, 0.3) is 10.0 Å². The van der Waals surface area contributed by atoms with E-state index in [4.69, 9.17) is 0 Å². The Balaban J connectivity index is 1.97. The quantitative estimate of drug-likeness (QED) is 0.554. The van der Waals surface area contributed by atoms with Gasteiger partial charge in [0.15, 0.2) is 5.03 Å². The molecule has 0 amide bonds. The maximum atomic E-state index is 12.2. The van der Waals surface area contributed by atoms with Crippen molar-refractivity contribution in [3.8, 4) is 0 Å². The van der Waals surface area contributed by atoms with Crippen LogP contribution in [0.3, 0.4) is 0 Å². The van der Waals surface area contributed by atoms with E-state index in [0.717, 1.165) is 5.82 Å². The molecular formula is C12H20N6O2S. The third-order valence-corrected chi connectivity index (χ3v) is 4.33. The summed E-state index contributed by atoms with van der Waals surface area (Å²) in [6, 6.07) is 0.266. The lowest BCUT2D eigenvalue weighted by Gasteiger charge is -2.09. The van der Waals surface area contributed by atoms with Crippen molar-refractivity contribution in [2.24, 2.45) is 0 Å². The van der Waals surface area contributed by atoms with Crippen LogP contribution in [0.2, 0.25) is 0 Å². The van der Waals surface area contributed by atoms with Gasteiger partial charge in [0, 0.05) is 43.5 Å². The molecule has 9 heteroatoms. The molecule has 0 unspecified atom stereocenters. The van der Waals surface area contributed by atoms with Crippen molar-refractivity contribution in [1.82, 2.24) is 30.2 Å². The van der Waals surface area contributed by atoms with Gasteiger partial charge >= 0.3 is 0 Å². The Morgan fingerprint density at radius 2 is 2.19 bits per heavy atom. The van der Waals surface area contributed by atoms with Crippen LogP contribution in [0.4, 0.5) is 0 Å². The maximum absolute atomic E-state index is 12.2. The first-order valence-electron chi connectivity index (χ1n) is 6.72. The molecule has 0 bridgehead atoms. The van der Waals surface area contributed by atoms with Gasteiger partial charge in [-0.05, 0) is 0 Å². The van der Waals surface area contributed by atoms with Crippen LogP contribution in [0.5, 0.6) is 0 Å². The summed E-state index contributed by atoms with van der Waals surface area (Å²) in [6.45, 7) is 4.71. The summed E-state index contributed by atoms with van der Waals surface area (Å²) < 4.78 is 27.0. The lowest BCUT2D eigenvalue weighted by atomic mass is 10.3. The fourth-order valence-electron chi connectivity index (χ4n) is 1.78. The zero-order valence-electron chi connectivity index (χ0n) is 12.0. The Bertz CT molecular complexity index is 647. The Hall–Kier alpha value is -1.71. The highest BCUT2D eigenvalue weighted by atomic mass is 32.2. The first-order chi connectivity index (χ1) is 9.99. The number of H-pyrrole nitrogens is 2. The number of imidazole rings is 1. The Morgan fingerprint density at radius 1 is 1.38 bits per heavy atom. The zero-order valence-corrected chi connectivity index (χ0v) is 12.9. The Kier molecular flexibility index (Phi) is 5.10. The lowest BCUT2D eigenvalue weighted by molar-refractivity contribution is 0.564. The van der Waals surface area contributed by atoms with E-state index in [1.165, 1.54) is 6.20 Å². The number of sulfonamides is 1. The standard InChI is InChI=1S/C12H20N6O2S/c1-9(2)15-7-10-8-16-18-12(10)21(19,20)17-4-3-11-13-5-6-14-11/h5-6,8-9,15,17H,3-4,7H2,1-2H3,(H,13,14)(H,16,18). The second-order valence-electron chi connectivity index (χ2n) is 4.94. The average Bonchev–Trinajstić information content (AvgIpc) is 3.07. The second kappa shape index (κ2) is 6.83. The van der Waals surface area contributed by atoms with Gasteiger partial charge in [-0.3, -0.25) is 5.10 Å². The van der Waals surface area contributed by atoms with E-state index in [1.54, 1.807) is 12.4 Å². The second-order valence-corrected chi connectivity index (χ2v) is 6.65. The van der Waals surface area contributed by atoms with Crippen molar-refractivity contribution in [3.05, 3.63) is 30.0 Å². The molecule has 116 valence electrons. The predicted octanol–water partition coefficient (Wildman–Crippen LogP) is 0.152. The zero-order chi connectivity index (χ0) is 15.3. The molecule has 0 aliphatic heterocycles. The van der Waals surface area contributed by atoms with Crippen LogP contribution in [0.1, 0.15) is 25.2 Å². The molecule has 2 heterocycles. The van der Waals surface area contributed by atoms with E-state index in [0.29, 0.717) is 18.5 Å². The first kappa shape index (κ1) is 15.7. The largest absolute Gasteiger partial charge is 0.349 e. The summed E-state index contributed by atoms with van der Waals surface area (Å²) >= 11 is 0. The van der Waals surface area contributed by atoms with Crippen LogP contribution >= 0.6 is 0 Å². The molecule has 0 spiro atoms. The number of rotatable bonds is 8. The molecule has 2 rings (SSSR count). The molecule has 2 aromatic rings. The summed E-state index contributed by atoms with van der Waals surface area (Å²) in [7, 11) is -3.60. The molecule has 0 saturated heterocycles. The normalized spacial score (nSPS) is 12.1. The fraction of sp³-hybridized carbons (Fsp3) is 0.500. The van der Waals surface area contributed by atoms with Gasteiger partial charge in [-0.15, -0.1) is 0 Å². The van der Waals surface area contributed by atoms with Crippen LogP contribution in [-0.4, -0.2) is 41.2 Å². The highest BCUT2D eigenvalue weighted by Gasteiger charge is 2.20. The SMILES string of the molecule is CC(C)NCc1cn[nH]c1S(=O)(=O)NCCc1ncc[nH]1. The smallest absolute Gasteiger partial charge is 0.257 e. The maximum Gasteiger partial charge on any atom is 0.257 e. The van der Waals surface area contributed by atoms with Crippen molar-refractivity contribution in [3.63, 3.8) is 0 Å². The number of nitrogens with zero attached hydrogens (tertiary/aromatic N) is 2. The van der Waals surface area contributed by atoms with Crippen molar-refractivity contribution < 1.29 is 8.42 Å². The van der Waals surface area contributed by atoms with E-state index in [9.17, 15) is 8.42 Å². The van der Waals surface area contributed by atoms with Crippen molar-refractivity contribution in [2.45, 2.75) is 37.9 Å². The summed E-state index contributed by atoms with van der Waals surface area (Å²) in [4.78, 5) is 6.97. The van der Waals surface area contributed by atoms with Crippen LogP contribution in [-0.2, 0) is 23.0 Å². The number of hydrogen-bond donors (Lipinski definition) is 4. The topological polar surface area (TPSA) is 116 Å². The number of hydrogen-bond acceptors (Lipinski definition) is 5. The number of aromatic amines is 2. The molecule has 0 aromatic carbocycles. The van der Waals surface area contributed by atoms with E-state index < -0.39 is 10.0 Å². The van der Waals surface area contributed by atoms with E-state index >= 15 is 0 Å². The monoisotopic (exact) mass is 312 g/mol. The summed E-state index contributed by atoms with van der Waals surface area (Å²) in [5.41, 5.74) is 0.620. The van der Waals surface area contributed by atoms with Crippen LogP contribution < -0.4 is 10.0 Å². The van der Waals surface area contributed by atoms with Gasteiger partial charge < -0.3 is 10.3 Å². The number of aromatic nitrogens is 4. The molecule has 0 saturated carbocycles. The molecule has 0 aliphatic rings. The minimum atomic E-state index is -3.60. The van der Waals surface area contributed by atoms with E-state index in [-0.39, 0.29) is 17.6 Å². The summed E-state index contributed by atoms with van der Waals surface area (Å²) in [5.74, 6) is 0.740. The predicted molar refractivity (Wildman–Crippen MR) is 78.0 cm³/mol. The molecule has 4 N–H and O–H groups in total. The van der Waals surface area contributed by atoms with E-state index in [2.05, 4.69) is 30.2 Å². The van der Waals surface area contributed by atoms with Gasteiger partial charge in [-0.25, -0.2) is 18.1 Å². The molecule has 2 aromatic heterocycles. The summed E-state index contributed by atoms with van der Waals surface area (Å²) in [5, 5.41) is 9.65. The van der Waals surface area contributed by atoms with Gasteiger partial charge in [0.05, 0.1) is 6.20 Å². The highest BCUT2D eigenvalue weighted by Crippen LogP contribution is 2.11. The Morgan fingerprint density at radius 3 is 2.86 bits per heavy atom. The molecule has 21 heavy (non-hydrogen) atoms. The van der Waals surface area contributed by atoms with Crippen LogP contribution in [0, 0.1) is 0 Å². The molecular weight excluding hydrogens is 292 g/mol. The van der Waals surface area contributed by atoms with Gasteiger partial charge in [-0.1, -0.05) is 13.8 Å². The average molecular weight is 312 g/mol. The number of nitrogens with one attached hydrogen (secondary N) is 4. The third kappa shape index (κ3) is 4.38. The fourth-order valence-corrected chi connectivity index (χ4v) is 2.94. The molecule has 0 aliphatic carbocycles. The minimum absolute atomic E-state index is 0.107. The van der Waals surface area contributed by atoms with Crippen molar-refractivity contribution in [2.75, 3.05) is 6.54 Å². The Labute approximate surface area is 123 Å². The minimum Gasteiger partial charge on any atom is -0.349 e. The summed E-state index contributed by atoms with van der Waals surface area (Å²) in [6.07, 6.45) is 5.36. The van der Waals surface area contributed by atoms with E-state index in [1.807, 2.05) is 13.8 Å². The third-order valence-electron chi connectivity index (χ3n) is 2.86. The van der Waals surface area contributed by atoms with Gasteiger partial charge in [0.1, 0.15) is 5.82 Å².